The van der Waals surface area contributed by atoms with Crippen molar-refractivity contribution in [2.75, 3.05) is 21.7 Å². The number of nitrogens with one attached hydrogen (secondary N) is 2. The highest BCUT2D eigenvalue weighted by Crippen LogP contribution is 2.25. The molecule has 1 aliphatic carbocycles. The van der Waals surface area contributed by atoms with E-state index in [1.165, 1.54) is 29.2 Å². The zero-order valence-corrected chi connectivity index (χ0v) is 21.1. The number of aryl methyl sites for hydroxylation is 2. The summed E-state index contributed by atoms with van der Waals surface area (Å²) < 4.78 is 25.7. The van der Waals surface area contributed by atoms with Crippen LogP contribution in [-0.4, -0.2) is 45.5 Å². The van der Waals surface area contributed by atoms with Crippen LogP contribution in [0.1, 0.15) is 43.7 Å². The molecule has 1 saturated carbocycles. The lowest BCUT2D eigenvalue weighted by Crippen LogP contribution is -2.51. The maximum absolute atomic E-state index is 13.3. The predicted molar refractivity (Wildman–Crippen MR) is 136 cm³/mol. The molecule has 0 bridgehead atoms. The fourth-order valence-electron chi connectivity index (χ4n) is 4.28. The summed E-state index contributed by atoms with van der Waals surface area (Å²) in [6, 6.07) is 10.1. The van der Waals surface area contributed by atoms with E-state index in [1.807, 2.05) is 26.0 Å². The fraction of sp³-hybridized carbons (Fsp3) is 0.423. The summed E-state index contributed by atoms with van der Waals surface area (Å²) in [6.07, 6.45) is 3.97. The maximum atomic E-state index is 13.3. The molecule has 0 unspecified atom stereocenters. The van der Waals surface area contributed by atoms with Crippen LogP contribution in [0.4, 0.5) is 15.8 Å². The molecule has 0 aromatic heterocycles. The summed E-state index contributed by atoms with van der Waals surface area (Å²) in [5.74, 6) is -2.55. The third-order valence-corrected chi connectivity index (χ3v) is 7.21. The molecule has 2 atom stereocenters. The van der Waals surface area contributed by atoms with Gasteiger partial charge in [0.15, 0.2) is 0 Å². The molecule has 1 fully saturated rings. The van der Waals surface area contributed by atoms with Crippen molar-refractivity contribution in [3.8, 4) is 0 Å². The molecule has 0 aliphatic heterocycles. The lowest BCUT2D eigenvalue weighted by molar-refractivity contribution is -0.125. The normalized spacial score (nSPS) is 15.3. The lowest BCUT2D eigenvalue weighted by atomic mass is 10.1. The first-order valence-electron chi connectivity index (χ1n) is 11.7. The number of benzene rings is 2. The number of nitrogens with zero attached hydrogens (tertiary/aromatic N) is 1. The third-order valence-electron chi connectivity index (χ3n) is 6.05. The van der Waals surface area contributed by atoms with Crippen LogP contribution in [0, 0.1) is 19.7 Å². The summed E-state index contributed by atoms with van der Waals surface area (Å²) in [4.78, 5) is 40.0. The average Bonchev–Trinajstić information content (AvgIpc) is 3.29. The van der Waals surface area contributed by atoms with E-state index < -0.39 is 46.0 Å². The zero-order chi connectivity index (χ0) is 25.5. The van der Waals surface area contributed by atoms with Crippen molar-refractivity contribution in [2.24, 2.45) is 0 Å². The Morgan fingerprint density at radius 2 is 1.71 bits per heavy atom. The predicted octanol–water partition coefficient (Wildman–Crippen LogP) is 3.61. The van der Waals surface area contributed by atoms with Gasteiger partial charge in [-0.15, -0.1) is 0 Å². The third kappa shape index (κ3) is 7.45. The van der Waals surface area contributed by atoms with Crippen LogP contribution in [0.3, 0.4) is 0 Å². The number of carbonyl (C=O) groups excluding carboxylic acids is 3. The van der Waals surface area contributed by atoms with E-state index in [4.69, 9.17) is 0 Å². The van der Waals surface area contributed by atoms with Gasteiger partial charge in [-0.2, -0.15) is 0 Å². The maximum Gasteiger partial charge on any atom is 0.243 e. The van der Waals surface area contributed by atoms with E-state index in [9.17, 15) is 23.0 Å². The molecule has 0 heterocycles. The summed E-state index contributed by atoms with van der Waals surface area (Å²) in [7, 11) is -1.81. The molecule has 0 spiro atoms. The van der Waals surface area contributed by atoms with Crippen LogP contribution in [0.2, 0.25) is 0 Å². The summed E-state index contributed by atoms with van der Waals surface area (Å²) in [5, 5.41) is 5.58. The van der Waals surface area contributed by atoms with Crippen molar-refractivity contribution < 1.29 is 23.0 Å². The quantitative estimate of drug-likeness (QED) is 0.549. The minimum Gasteiger partial charge on any atom is -0.352 e. The van der Waals surface area contributed by atoms with Crippen molar-refractivity contribution >= 4 is 39.9 Å². The van der Waals surface area contributed by atoms with Gasteiger partial charge in [-0.3, -0.25) is 23.5 Å². The molecule has 9 heteroatoms. The Morgan fingerprint density at radius 1 is 1.06 bits per heavy atom. The zero-order valence-electron chi connectivity index (χ0n) is 20.3. The number of hydrogen-bond donors (Lipinski definition) is 2. The second-order valence-electron chi connectivity index (χ2n) is 9.00. The van der Waals surface area contributed by atoms with Crippen LogP contribution in [-0.2, 0) is 25.2 Å². The largest absolute Gasteiger partial charge is 0.352 e. The summed E-state index contributed by atoms with van der Waals surface area (Å²) in [6.45, 7) is 5.46. The second kappa shape index (κ2) is 12.1. The van der Waals surface area contributed by atoms with E-state index in [2.05, 4.69) is 10.6 Å². The fourth-order valence-corrected chi connectivity index (χ4v) is 5.16. The van der Waals surface area contributed by atoms with Crippen LogP contribution in [0.15, 0.2) is 42.5 Å². The van der Waals surface area contributed by atoms with E-state index in [0.29, 0.717) is 11.4 Å². The van der Waals surface area contributed by atoms with Gasteiger partial charge in [0, 0.05) is 28.2 Å². The molecular weight excluding hydrogens is 469 g/mol. The Morgan fingerprint density at radius 3 is 2.34 bits per heavy atom. The first kappa shape index (κ1) is 26.5. The van der Waals surface area contributed by atoms with Crippen molar-refractivity contribution in [1.82, 2.24) is 5.32 Å². The first-order chi connectivity index (χ1) is 16.6. The van der Waals surface area contributed by atoms with Gasteiger partial charge in [-0.05, 0) is 69.5 Å². The Kier molecular flexibility index (Phi) is 9.14. The Balaban J connectivity index is 1.71. The highest BCUT2D eigenvalue weighted by Gasteiger charge is 2.31. The molecule has 3 amide bonds. The van der Waals surface area contributed by atoms with Gasteiger partial charge in [-0.1, -0.05) is 30.5 Å². The molecule has 35 heavy (non-hydrogen) atoms. The first-order valence-corrected chi connectivity index (χ1v) is 13.2. The van der Waals surface area contributed by atoms with Gasteiger partial charge in [0.25, 0.3) is 0 Å². The number of hydrogen-bond acceptors (Lipinski definition) is 4. The van der Waals surface area contributed by atoms with Gasteiger partial charge < -0.3 is 10.6 Å². The molecular formula is C26H32FN3O4S. The average molecular weight is 502 g/mol. The highest BCUT2D eigenvalue weighted by molar-refractivity contribution is 7.86. The standard InChI is InChI=1S/C26H32FN3O4S/c1-17-8-13-23(18(2)14-17)30(19(3)26(33)29-21-6-4-5-7-21)25(32)16-35(34)15-24(31)28-22-11-9-20(27)10-12-22/h8-14,19,21H,4-7,15-16H2,1-3H3,(H,28,31)(H,29,33)/t19-,35-/m1/s1. The van der Waals surface area contributed by atoms with Crippen LogP contribution >= 0.6 is 0 Å². The Labute approximate surface area is 207 Å². The lowest BCUT2D eigenvalue weighted by Gasteiger charge is -2.31. The van der Waals surface area contributed by atoms with Gasteiger partial charge in [0.05, 0.1) is 0 Å². The highest BCUT2D eigenvalue weighted by atomic mass is 32.2. The van der Waals surface area contributed by atoms with Crippen LogP contribution in [0.25, 0.3) is 0 Å². The number of amides is 3. The molecule has 188 valence electrons. The van der Waals surface area contributed by atoms with Crippen molar-refractivity contribution in [2.45, 2.75) is 58.5 Å². The van der Waals surface area contributed by atoms with Gasteiger partial charge in [0.2, 0.25) is 17.7 Å². The Hall–Kier alpha value is -3.07. The Bertz CT molecular complexity index is 1100. The van der Waals surface area contributed by atoms with Crippen molar-refractivity contribution in [3.63, 3.8) is 0 Å². The van der Waals surface area contributed by atoms with E-state index >= 15 is 0 Å². The molecule has 0 radical (unpaired) electrons. The molecule has 2 N–H and O–H groups in total. The van der Waals surface area contributed by atoms with E-state index in [0.717, 1.165) is 36.8 Å². The summed E-state index contributed by atoms with van der Waals surface area (Å²) >= 11 is 0. The van der Waals surface area contributed by atoms with Gasteiger partial charge in [-0.25, -0.2) is 4.39 Å². The van der Waals surface area contributed by atoms with Crippen molar-refractivity contribution in [3.05, 3.63) is 59.4 Å². The van der Waals surface area contributed by atoms with Gasteiger partial charge in [0.1, 0.15) is 23.4 Å². The molecule has 2 aromatic carbocycles. The SMILES string of the molecule is Cc1ccc(N(C(=O)C[S@](=O)CC(=O)Nc2ccc(F)cc2)[C@H](C)C(=O)NC2CCCC2)c(C)c1. The number of anilines is 2. The van der Waals surface area contributed by atoms with E-state index in [1.54, 1.807) is 13.0 Å². The minimum absolute atomic E-state index is 0.102. The number of halogens is 1. The van der Waals surface area contributed by atoms with Gasteiger partial charge >= 0.3 is 0 Å². The topological polar surface area (TPSA) is 95.6 Å². The number of rotatable bonds is 9. The smallest absolute Gasteiger partial charge is 0.243 e. The monoisotopic (exact) mass is 501 g/mol. The van der Waals surface area contributed by atoms with Crippen molar-refractivity contribution in [1.29, 1.82) is 0 Å². The summed E-state index contributed by atoms with van der Waals surface area (Å²) in [5.41, 5.74) is 2.78. The molecule has 0 saturated heterocycles. The minimum atomic E-state index is -1.81. The molecule has 3 rings (SSSR count). The number of carbonyl (C=O) groups is 3. The molecule has 2 aromatic rings. The molecule has 1 aliphatic rings. The van der Waals surface area contributed by atoms with Crippen LogP contribution < -0.4 is 15.5 Å². The van der Waals surface area contributed by atoms with E-state index in [-0.39, 0.29) is 11.9 Å². The molecule has 7 nitrogen and oxygen atoms in total. The second-order valence-corrected chi connectivity index (χ2v) is 10.5. The van der Waals surface area contributed by atoms with Crippen LogP contribution in [0.5, 0.6) is 0 Å².